The molecule has 0 saturated heterocycles. The molecule has 0 fully saturated rings. The maximum Gasteiger partial charge on any atom is 0.137 e. The minimum absolute atomic E-state index is 0.260. The molecule has 0 unspecified atom stereocenters. The second kappa shape index (κ2) is 5.17. The molecule has 2 rings (SSSR count). The van der Waals surface area contributed by atoms with Crippen LogP contribution < -0.4 is 5.32 Å². The van der Waals surface area contributed by atoms with E-state index in [0.717, 1.165) is 15.6 Å². The van der Waals surface area contributed by atoms with E-state index in [0.29, 0.717) is 11.0 Å². The second-order valence-corrected chi connectivity index (χ2v) is 5.50. The Morgan fingerprint density at radius 3 is 2.81 bits per heavy atom. The summed E-state index contributed by atoms with van der Waals surface area (Å²) in [4.78, 5) is 1.14. The van der Waals surface area contributed by atoms with Gasteiger partial charge in [0.05, 0.1) is 9.50 Å². The summed E-state index contributed by atoms with van der Waals surface area (Å²) in [6.07, 6.45) is 0. The molecule has 0 aliphatic rings. The lowest BCUT2D eigenvalue weighted by Gasteiger charge is -2.05. The third-order valence-corrected chi connectivity index (χ3v) is 3.90. The van der Waals surface area contributed by atoms with Crippen molar-refractivity contribution < 1.29 is 4.39 Å². The van der Waals surface area contributed by atoms with Crippen molar-refractivity contribution in [3.63, 3.8) is 0 Å². The van der Waals surface area contributed by atoms with Crippen LogP contribution in [0.25, 0.3) is 0 Å². The fourth-order valence-corrected chi connectivity index (χ4v) is 2.63. The van der Waals surface area contributed by atoms with Crippen molar-refractivity contribution in [2.45, 2.75) is 6.54 Å². The molecule has 0 bridgehead atoms. The van der Waals surface area contributed by atoms with Gasteiger partial charge in [0.2, 0.25) is 0 Å². The van der Waals surface area contributed by atoms with Crippen molar-refractivity contribution in [2.24, 2.45) is 0 Å². The van der Waals surface area contributed by atoms with Crippen LogP contribution in [0.1, 0.15) is 4.88 Å². The van der Waals surface area contributed by atoms with Crippen LogP contribution in [0, 0.1) is 5.82 Å². The summed E-state index contributed by atoms with van der Waals surface area (Å²) in [5.74, 6) is -0.260. The maximum absolute atomic E-state index is 13.0. The first kappa shape index (κ1) is 11.9. The Morgan fingerprint density at radius 2 is 2.19 bits per heavy atom. The van der Waals surface area contributed by atoms with E-state index in [1.807, 2.05) is 11.4 Å². The lowest BCUT2D eigenvalue weighted by atomic mass is 10.3. The molecule has 0 aliphatic heterocycles. The zero-order valence-corrected chi connectivity index (χ0v) is 11.3. The van der Waals surface area contributed by atoms with Gasteiger partial charge in [-0.3, -0.25) is 0 Å². The predicted octanol–water partition coefficient (Wildman–Crippen LogP) is 4.92. The molecular formula is C11H8BrClFNS. The van der Waals surface area contributed by atoms with Gasteiger partial charge in [-0.25, -0.2) is 4.39 Å². The first-order valence-corrected chi connectivity index (χ1v) is 6.62. The number of thiophene rings is 1. The van der Waals surface area contributed by atoms with Crippen LogP contribution in [0.5, 0.6) is 0 Å². The number of anilines is 1. The summed E-state index contributed by atoms with van der Waals surface area (Å²) < 4.78 is 13.4. The van der Waals surface area contributed by atoms with Gasteiger partial charge in [0.25, 0.3) is 0 Å². The Labute approximate surface area is 110 Å². The molecule has 1 heterocycles. The van der Waals surface area contributed by atoms with Crippen LogP contribution >= 0.6 is 38.9 Å². The summed E-state index contributed by atoms with van der Waals surface area (Å²) in [7, 11) is 0. The molecule has 2 aromatic rings. The van der Waals surface area contributed by atoms with Gasteiger partial charge in [0, 0.05) is 22.5 Å². The Morgan fingerprint density at radius 1 is 1.38 bits per heavy atom. The van der Waals surface area contributed by atoms with E-state index in [1.54, 1.807) is 23.5 Å². The summed E-state index contributed by atoms with van der Waals surface area (Å²) in [5.41, 5.74) is 0.873. The summed E-state index contributed by atoms with van der Waals surface area (Å²) in [6, 6.07) is 6.76. The smallest absolute Gasteiger partial charge is 0.137 e. The Kier molecular flexibility index (Phi) is 3.84. The largest absolute Gasteiger partial charge is 0.380 e. The molecule has 0 amide bonds. The van der Waals surface area contributed by atoms with Crippen molar-refractivity contribution in [3.8, 4) is 0 Å². The Balaban J connectivity index is 2.02. The fraction of sp³-hybridized carbons (Fsp3) is 0.0909. The van der Waals surface area contributed by atoms with E-state index >= 15 is 0 Å². The zero-order valence-electron chi connectivity index (χ0n) is 8.14. The number of rotatable bonds is 3. The highest BCUT2D eigenvalue weighted by Gasteiger charge is 2.01. The van der Waals surface area contributed by atoms with Gasteiger partial charge >= 0.3 is 0 Å². The number of halogens is 3. The van der Waals surface area contributed by atoms with E-state index in [4.69, 9.17) is 11.6 Å². The molecule has 0 spiro atoms. The lowest BCUT2D eigenvalue weighted by Crippen LogP contribution is -1.97. The summed E-state index contributed by atoms with van der Waals surface area (Å²) in [6.45, 7) is 0.690. The predicted molar refractivity (Wildman–Crippen MR) is 70.8 cm³/mol. The quantitative estimate of drug-likeness (QED) is 0.847. The van der Waals surface area contributed by atoms with E-state index < -0.39 is 0 Å². The molecule has 16 heavy (non-hydrogen) atoms. The molecular weight excluding hydrogens is 313 g/mol. The van der Waals surface area contributed by atoms with Crippen LogP contribution in [-0.4, -0.2) is 0 Å². The van der Waals surface area contributed by atoms with Crippen molar-refractivity contribution in [2.75, 3.05) is 5.32 Å². The third-order valence-electron chi connectivity index (χ3n) is 2.01. The van der Waals surface area contributed by atoms with Crippen molar-refractivity contribution in [1.29, 1.82) is 0 Å². The van der Waals surface area contributed by atoms with Gasteiger partial charge in [-0.05, 0) is 40.2 Å². The van der Waals surface area contributed by atoms with Gasteiger partial charge in [0.1, 0.15) is 5.82 Å². The molecule has 1 N–H and O–H groups in total. The highest BCUT2D eigenvalue weighted by atomic mass is 79.9. The summed E-state index contributed by atoms with van der Waals surface area (Å²) >= 11 is 10.6. The Bertz CT molecular complexity index is 500. The monoisotopic (exact) mass is 319 g/mol. The van der Waals surface area contributed by atoms with Crippen LogP contribution in [0.15, 0.2) is 34.1 Å². The van der Waals surface area contributed by atoms with Gasteiger partial charge in [-0.2, -0.15) is 0 Å². The molecule has 0 radical (unpaired) electrons. The van der Waals surface area contributed by atoms with E-state index in [2.05, 4.69) is 21.2 Å². The average molecular weight is 321 g/mol. The average Bonchev–Trinajstić information content (AvgIpc) is 2.66. The molecule has 84 valence electrons. The maximum atomic E-state index is 13.0. The van der Waals surface area contributed by atoms with Crippen LogP contribution in [-0.2, 0) is 6.54 Å². The minimum atomic E-state index is -0.260. The molecule has 0 aliphatic carbocycles. The first-order chi connectivity index (χ1) is 7.65. The number of benzene rings is 1. The highest BCUT2D eigenvalue weighted by Crippen LogP contribution is 2.23. The van der Waals surface area contributed by atoms with E-state index in [-0.39, 0.29) is 5.82 Å². The standard InChI is InChI=1S/C11H8BrClFNS/c12-10-4-8(1-2-11(10)14)15-5-9-3-7(13)6-16-9/h1-4,6,15H,5H2. The van der Waals surface area contributed by atoms with Crippen molar-refractivity contribution >= 4 is 44.6 Å². The molecule has 1 aromatic carbocycles. The fourth-order valence-electron chi connectivity index (χ4n) is 1.24. The molecule has 1 nitrogen and oxygen atoms in total. The lowest BCUT2D eigenvalue weighted by molar-refractivity contribution is 0.621. The van der Waals surface area contributed by atoms with Crippen LogP contribution in [0.4, 0.5) is 10.1 Å². The SMILES string of the molecule is Fc1ccc(NCc2cc(Cl)cs2)cc1Br. The van der Waals surface area contributed by atoms with Gasteiger partial charge in [-0.1, -0.05) is 11.6 Å². The van der Waals surface area contributed by atoms with Gasteiger partial charge in [-0.15, -0.1) is 11.3 Å². The second-order valence-electron chi connectivity index (χ2n) is 3.21. The van der Waals surface area contributed by atoms with Crippen molar-refractivity contribution in [1.82, 2.24) is 0 Å². The van der Waals surface area contributed by atoms with Crippen molar-refractivity contribution in [3.05, 3.63) is 49.8 Å². The number of nitrogens with one attached hydrogen (secondary N) is 1. The van der Waals surface area contributed by atoms with Crippen LogP contribution in [0.3, 0.4) is 0 Å². The zero-order chi connectivity index (χ0) is 11.5. The van der Waals surface area contributed by atoms with Gasteiger partial charge in [0.15, 0.2) is 0 Å². The Hall–Kier alpha value is -0.580. The van der Waals surface area contributed by atoms with Crippen LogP contribution in [0.2, 0.25) is 5.02 Å². The summed E-state index contributed by atoms with van der Waals surface area (Å²) in [5, 5.41) is 5.84. The molecule has 0 atom stereocenters. The van der Waals surface area contributed by atoms with Gasteiger partial charge < -0.3 is 5.32 Å². The topological polar surface area (TPSA) is 12.0 Å². The molecule has 1 aromatic heterocycles. The highest BCUT2D eigenvalue weighted by molar-refractivity contribution is 9.10. The van der Waals surface area contributed by atoms with E-state index in [9.17, 15) is 4.39 Å². The van der Waals surface area contributed by atoms with E-state index in [1.165, 1.54) is 6.07 Å². The molecule has 0 saturated carbocycles. The normalized spacial score (nSPS) is 10.4. The number of hydrogen-bond acceptors (Lipinski definition) is 2. The third kappa shape index (κ3) is 2.97. The molecule has 5 heteroatoms. The first-order valence-electron chi connectivity index (χ1n) is 4.57. The number of hydrogen-bond donors (Lipinski definition) is 1. The minimum Gasteiger partial charge on any atom is -0.380 e.